The molecule has 0 saturated heterocycles. The highest BCUT2D eigenvalue weighted by Crippen LogP contribution is 2.12. The van der Waals surface area contributed by atoms with E-state index in [9.17, 15) is 4.79 Å². The van der Waals surface area contributed by atoms with Gasteiger partial charge in [0.1, 0.15) is 12.7 Å². The minimum Gasteiger partial charge on any atom is -0.326 e. The Morgan fingerprint density at radius 2 is 2.05 bits per heavy atom. The molecule has 0 aliphatic carbocycles. The molecular weight excluding hydrogens is 266 g/mol. The molecule has 112 valence electrons. The van der Waals surface area contributed by atoms with Gasteiger partial charge in [0.15, 0.2) is 0 Å². The summed E-state index contributed by atoms with van der Waals surface area (Å²) in [5.41, 5.74) is 7.44. The van der Waals surface area contributed by atoms with E-state index in [2.05, 4.69) is 15.4 Å². The zero-order valence-corrected chi connectivity index (χ0v) is 12.4. The Hall–Kier alpha value is -2.21. The lowest BCUT2D eigenvalue weighted by Crippen LogP contribution is -2.33. The van der Waals surface area contributed by atoms with E-state index in [0.717, 1.165) is 11.3 Å². The summed E-state index contributed by atoms with van der Waals surface area (Å²) < 4.78 is 1.75. The van der Waals surface area contributed by atoms with Gasteiger partial charge < -0.3 is 11.1 Å². The molecule has 0 saturated carbocycles. The van der Waals surface area contributed by atoms with Crippen LogP contribution in [0.1, 0.15) is 32.3 Å². The topological polar surface area (TPSA) is 85.8 Å². The highest BCUT2D eigenvalue weighted by molar-refractivity contribution is 5.90. The lowest BCUT2D eigenvalue weighted by molar-refractivity contribution is -0.116. The van der Waals surface area contributed by atoms with Crippen molar-refractivity contribution in [1.29, 1.82) is 0 Å². The van der Waals surface area contributed by atoms with Crippen LogP contribution >= 0.6 is 0 Å². The van der Waals surface area contributed by atoms with E-state index in [4.69, 9.17) is 5.73 Å². The van der Waals surface area contributed by atoms with E-state index in [0.29, 0.717) is 19.4 Å². The molecule has 1 heterocycles. The third-order valence-electron chi connectivity index (χ3n) is 3.05. The highest BCUT2D eigenvalue weighted by Gasteiger charge is 2.13. The molecule has 6 heteroatoms. The van der Waals surface area contributed by atoms with Crippen LogP contribution in [0.15, 0.2) is 36.9 Å². The number of benzene rings is 1. The Morgan fingerprint density at radius 1 is 1.33 bits per heavy atom. The number of nitrogens with zero attached hydrogens (tertiary/aromatic N) is 3. The van der Waals surface area contributed by atoms with Gasteiger partial charge in [0, 0.05) is 17.6 Å². The normalized spacial score (nSPS) is 11.4. The lowest BCUT2D eigenvalue weighted by Gasteiger charge is -2.17. The first-order valence-corrected chi connectivity index (χ1v) is 6.92. The first-order chi connectivity index (χ1) is 9.92. The Bertz CT molecular complexity index is 569. The molecule has 0 radical (unpaired) electrons. The van der Waals surface area contributed by atoms with Crippen molar-refractivity contribution < 1.29 is 4.79 Å². The van der Waals surface area contributed by atoms with Gasteiger partial charge in [0.05, 0.1) is 6.54 Å². The highest BCUT2D eigenvalue weighted by atomic mass is 16.1. The number of amides is 1. The predicted octanol–water partition coefficient (Wildman–Crippen LogP) is 1.78. The van der Waals surface area contributed by atoms with Crippen molar-refractivity contribution in [3.63, 3.8) is 0 Å². The summed E-state index contributed by atoms with van der Waals surface area (Å²) in [6, 6.07) is 7.70. The molecule has 0 bridgehead atoms. The van der Waals surface area contributed by atoms with Gasteiger partial charge in [-0.1, -0.05) is 12.1 Å². The Balaban J connectivity index is 1.86. The quantitative estimate of drug-likeness (QED) is 0.848. The van der Waals surface area contributed by atoms with E-state index in [1.54, 1.807) is 11.0 Å². The molecule has 2 rings (SSSR count). The molecule has 1 aromatic heterocycles. The fourth-order valence-electron chi connectivity index (χ4n) is 1.85. The Morgan fingerprint density at radius 3 is 2.62 bits per heavy atom. The Labute approximate surface area is 124 Å². The van der Waals surface area contributed by atoms with Crippen LogP contribution in [0.2, 0.25) is 0 Å². The second-order valence-electron chi connectivity index (χ2n) is 5.83. The van der Waals surface area contributed by atoms with Crippen LogP contribution in [-0.2, 0) is 11.3 Å². The fraction of sp³-hybridized carbons (Fsp3) is 0.400. The maximum Gasteiger partial charge on any atom is 0.224 e. The van der Waals surface area contributed by atoms with Crippen molar-refractivity contribution in [3.8, 4) is 0 Å². The number of aromatic nitrogens is 3. The second-order valence-corrected chi connectivity index (χ2v) is 5.83. The number of rotatable bonds is 6. The number of carbonyl (C=O) groups is 1. The van der Waals surface area contributed by atoms with Crippen molar-refractivity contribution in [3.05, 3.63) is 42.5 Å². The third-order valence-corrected chi connectivity index (χ3v) is 3.05. The van der Waals surface area contributed by atoms with Gasteiger partial charge in [-0.2, -0.15) is 5.10 Å². The average Bonchev–Trinajstić information content (AvgIpc) is 2.91. The molecule has 1 aromatic carbocycles. The number of carbonyl (C=O) groups excluding carboxylic acids is 1. The molecule has 0 aliphatic heterocycles. The molecule has 0 spiro atoms. The van der Waals surface area contributed by atoms with Crippen LogP contribution in [0.25, 0.3) is 0 Å². The average molecular weight is 287 g/mol. The molecule has 21 heavy (non-hydrogen) atoms. The van der Waals surface area contributed by atoms with Gasteiger partial charge in [-0.15, -0.1) is 0 Å². The molecule has 0 fully saturated rings. The monoisotopic (exact) mass is 287 g/mol. The smallest absolute Gasteiger partial charge is 0.224 e. The van der Waals surface area contributed by atoms with Gasteiger partial charge in [-0.05, 0) is 38.0 Å². The van der Waals surface area contributed by atoms with Crippen LogP contribution in [0.3, 0.4) is 0 Å². The second kappa shape index (κ2) is 6.49. The van der Waals surface area contributed by atoms with E-state index in [1.807, 2.05) is 38.1 Å². The maximum atomic E-state index is 11.8. The lowest BCUT2D eigenvalue weighted by atomic mass is 10.00. The van der Waals surface area contributed by atoms with Crippen LogP contribution in [0.4, 0.5) is 5.69 Å². The minimum absolute atomic E-state index is 0.0162. The number of nitrogens with two attached hydrogens (primary N) is 1. The molecule has 0 aliphatic rings. The van der Waals surface area contributed by atoms with Crippen LogP contribution in [0.5, 0.6) is 0 Å². The Kier molecular flexibility index (Phi) is 4.70. The van der Waals surface area contributed by atoms with Crippen LogP contribution < -0.4 is 11.1 Å². The zero-order valence-electron chi connectivity index (χ0n) is 12.4. The SMILES string of the molecule is CC(C)(N)CCC(=O)Nc1ccc(Cn2cncn2)cc1. The number of nitrogens with one attached hydrogen (secondary N) is 1. The summed E-state index contributed by atoms with van der Waals surface area (Å²) in [5.74, 6) is -0.0162. The first-order valence-electron chi connectivity index (χ1n) is 6.92. The number of hydrogen-bond donors (Lipinski definition) is 2. The summed E-state index contributed by atoms with van der Waals surface area (Å²) in [4.78, 5) is 15.7. The summed E-state index contributed by atoms with van der Waals surface area (Å²) in [5, 5.41) is 6.92. The standard InChI is InChI=1S/C15H21N5O/c1-15(2,16)8-7-14(21)19-13-5-3-12(4-6-13)9-20-11-17-10-18-20/h3-6,10-11H,7-9,16H2,1-2H3,(H,19,21). The van der Waals surface area contributed by atoms with Crippen LogP contribution in [-0.4, -0.2) is 26.2 Å². The molecule has 1 amide bonds. The van der Waals surface area contributed by atoms with Gasteiger partial charge in [-0.25, -0.2) is 9.67 Å². The summed E-state index contributed by atoms with van der Waals surface area (Å²) in [7, 11) is 0. The molecule has 6 nitrogen and oxygen atoms in total. The van der Waals surface area contributed by atoms with Gasteiger partial charge in [0.2, 0.25) is 5.91 Å². The van der Waals surface area contributed by atoms with Crippen LogP contribution in [0, 0.1) is 0 Å². The van der Waals surface area contributed by atoms with E-state index >= 15 is 0 Å². The largest absolute Gasteiger partial charge is 0.326 e. The van der Waals surface area contributed by atoms with Gasteiger partial charge >= 0.3 is 0 Å². The van der Waals surface area contributed by atoms with E-state index < -0.39 is 0 Å². The van der Waals surface area contributed by atoms with E-state index in [-0.39, 0.29) is 11.4 Å². The first kappa shape index (κ1) is 15.2. The molecule has 3 N–H and O–H groups in total. The van der Waals surface area contributed by atoms with Crippen molar-refractivity contribution >= 4 is 11.6 Å². The third kappa shape index (κ3) is 5.35. The summed E-state index contributed by atoms with van der Waals surface area (Å²) in [6.45, 7) is 4.49. The van der Waals surface area contributed by atoms with Crippen molar-refractivity contribution in [2.24, 2.45) is 5.73 Å². The van der Waals surface area contributed by atoms with Crippen molar-refractivity contribution in [2.45, 2.75) is 38.8 Å². The van der Waals surface area contributed by atoms with Gasteiger partial charge in [0.25, 0.3) is 0 Å². The predicted molar refractivity (Wildman–Crippen MR) is 81.7 cm³/mol. The fourth-order valence-corrected chi connectivity index (χ4v) is 1.85. The van der Waals surface area contributed by atoms with Gasteiger partial charge in [-0.3, -0.25) is 4.79 Å². The maximum absolute atomic E-state index is 11.8. The molecular formula is C15H21N5O. The van der Waals surface area contributed by atoms with Crippen molar-refractivity contribution in [2.75, 3.05) is 5.32 Å². The zero-order chi connectivity index (χ0) is 15.3. The molecule has 0 atom stereocenters. The molecule has 2 aromatic rings. The summed E-state index contributed by atoms with van der Waals surface area (Å²) >= 11 is 0. The van der Waals surface area contributed by atoms with E-state index in [1.165, 1.54) is 6.33 Å². The number of hydrogen-bond acceptors (Lipinski definition) is 4. The summed E-state index contributed by atoms with van der Waals surface area (Å²) in [6.07, 6.45) is 4.26. The number of anilines is 1. The molecule has 0 unspecified atom stereocenters. The minimum atomic E-state index is -0.320. The van der Waals surface area contributed by atoms with Crippen molar-refractivity contribution in [1.82, 2.24) is 14.8 Å².